The van der Waals surface area contributed by atoms with E-state index in [2.05, 4.69) is 15.6 Å². The molecule has 1 amide bonds. The minimum absolute atomic E-state index is 0. The van der Waals surface area contributed by atoms with Gasteiger partial charge in [-0.05, 0) is 25.7 Å². The fourth-order valence-electron chi connectivity index (χ4n) is 3.05. The number of nitrogens with zero attached hydrogens (tertiary/aromatic N) is 2. The van der Waals surface area contributed by atoms with Crippen molar-refractivity contribution in [2.24, 2.45) is 10.9 Å². The van der Waals surface area contributed by atoms with Crippen LogP contribution in [0.15, 0.2) is 4.99 Å². The number of hydrogen-bond donors (Lipinski definition) is 2. The quantitative estimate of drug-likeness (QED) is 0.194. The first-order valence-electron chi connectivity index (χ1n) is 9.93. The van der Waals surface area contributed by atoms with Crippen molar-refractivity contribution in [1.82, 2.24) is 15.5 Å². The second-order valence-corrected chi connectivity index (χ2v) is 7.00. The fraction of sp³-hybridized carbons (Fsp3) is 0.895. The van der Waals surface area contributed by atoms with E-state index in [9.17, 15) is 4.79 Å². The van der Waals surface area contributed by atoms with Gasteiger partial charge in [-0.25, -0.2) is 4.99 Å². The highest BCUT2D eigenvalue weighted by molar-refractivity contribution is 14.0. The maximum Gasteiger partial charge on any atom is 0.243 e. The average molecular weight is 482 g/mol. The van der Waals surface area contributed by atoms with E-state index in [1.54, 1.807) is 19.0 Å². The summed E-state index contributed by atoms with van der Waals surface area (Å²) in [6, 6.07) is 0. The van der Waals surface area contributed by atoms with E-state index < -0.39 is 0 Å². The number of carbonyl (C=O) groups is 1. The van der Waals surface area contributed by atoms with Crippen LogP contribution in [0.25, 0.3) is 0 Å². The zero-order chi connectivity index (χ0) is 18.3. The van der Waals surface area contributed by atoms with Gasteiger partial charge in [0.25, 0.3) is 0 Å². The molecule has 6 nitrogen and oxygen atoms in total. The fourth-order valence-corrected chi connectivity index (χ4v) is 3.05. The van der Waals surface area contributed by atoms with Crippen LogP contribution in [0.2, 0.25) is 0 Å². The van der Waals surface area contributed by atoms with Crippen molar-refractivity contribution in [2.45, 2.75) is 58.3 Å². The van der Waals surface area contributed by atoms with Gasteiger partial charge in [-0.3, -0.25) is 4.79 Å². The summed E-state index contributed by atoms with van der Waals surface area (Å²) in [6.45, 7) is 5.37. The topological polar surface area (TPSA) is 66.0 Å². The number of aliphatic imine (C=N–C) groups is 1. The molecule has 1 aliphatic carbocycles. The molecule has 0 aromatic rings. The van der Waals surface area contributed by atoms with Crippen molar-refractivity contribution in [3.8, 4) is 0 Å². The van der Waals surface area contributed by atoms with Crippen LogP contribution < -0.4 is 10.6 Å². The number of likely N-dealkylation sites (N-methyl/N-ethyl adjacent to an activating group) is 1. The van der Waals surface area contributed by atoms with Gasteiger partial charge in [0.2, 0.25) is 5.91 Å². The number of hydrogen-bond acceptors (Lipinski definition) is 3. The third-order valence-electron chi connectivity index (χ3n) is 4.64. The minimum atomic E-state index is 0. The Labute approximate surface area is 176 Å². The van der Waals surface area contributed by atoms with Crippen molar-refractivity contribution in [2.75, 3.05) is 46.9 Å². The van der Waals surface area contributed by atoms with Crippen LogP contribution >= 0.6 is 24.0 Å². The molecule has 1 fully saturated rings. The molecule has 0 heterocycles. The van der Waals surface area contributed by atoms with Crippen molar-refractivity contribution >= 4 is 35.8 Å². The third kappa shape index (κ3) is 12.7. The normalized spacial score (nSPS) is 14.8. The van der Waals surface area contributed by atoms with Crippen molar-refractivity contribution < 1.29 is 9.53 Å². The van der Waals surface area contributed by atoms with Gasteiger partial charge < -0.3 is 20.3 Å². The van der Waals surface area contributed by atoms with E-state index in [0.717, 1.165) is 51.0 Å². The van der Waals surface area contributed by atoms with E-state index in [-0.39, 0.29) is 36.4 Å². The monoisotopic (exact) mass is 482 g/mol. The molecule has 0 aliphatic heterocycles. The minimum Gasteiger partial charge on any atom is -0.382 e. The number of nitrogens with one attached hydrogen (secondary N) is 2. The number of halogens is 1. The van der Waals surface area contributed by atoms with Gasteiger partial charge in [0, 0.05) is 40.4 Å². The predicted molar refractivity (Wildman–Crippen MR) is 119 cm³/mol. The molecule has 2 N–H and O–H groups in total. The lowest BCUT2D eigenvalue weighted by atomic mass is 10.0. The van der Waals surface area contributed by atoms with Crippen molar-refractivity contribution in [3.05, 3.63) is 0 Å². The van der Waals surface area contributed by atoms with Crippen molar-refractivity contribution in [1.29, 1.82) is 0 Å². The summed E-state index contributed by atoms with van der Waals surface area (Å²) in [5.74, 6) is 1.70. The molecule has 0 aromatic carbocycles. The summed E-state index contributed by atoms with van der Waals surface area (Å²) in [5.41, 5.74) is 0. The molecule has 26 heavy (non-hydrogen) atoms. The highest BCUT2D eigenvalue weighted by Crippen LogP contribution is 2.28. The SMILES string of the molecule is CCOCCCNC(=NCC(=O)N(C)C)NCCCCC1CCCC1.I. The molecule has 1 aliphatic rings. The molecule has 154 valence electrons. The lowest BCUT2D eigenvalue weighted by Gasteiger charge is -2.14. The third-order valence-corrected chi connectivity index (χ3v) is 4.64. The van der Waals surface area contributed by atoms with Crippen LogP contribution in [0.1, 0.15) is 58.3 Å². The van der Waals surface area contributed by atoms with E-state index in [4.69, 9.17) is 4.74 Å². The molecule has 1 saturated carbocycles. The van der Waals surface area contributed by atoms with Crippen LogP contribution in [-0.4, -0.2) is 63.7 Å². The lowest BCUT2D eigenvalue weighted by molar-refractivity contribution is -0.127. The second-order valence-electron chi connectivity index (χ2n) is 7.00. The van der Waals surface area contributed by atoms with Gasteiger partial charge in [-0.1, -0.05) is 38.5 Å². The van der Waals surface area contributed by atoms with Gasteiger partial charge in [0.1, 0.15) is 6.54 Å². The van der Waals surface area contributed by atoms with Gasteiger partial charge in [-0.15, -0.1) is 24.0 Å². The van der Waals surface area contributed by atoms with E-state index in [0.29, 0.717) is 0 Å². The first-order chi connectivity index (χ1) is 12.1. The number of guanidine groups is 1. The standard InChI is InChI=1S/C19H38N4O2.HI/c1-4-25-15-9-14-21-19(22-16-18(24)23(2)3)20-13-8-7-12-17-10-5-6-11-17;/h17H,4-16H2,1-3H3,(H2,20,21,22);1H. The molecule has 0 radical (unpaired) electrons. The first-order valence-corrected chi connectivity index (χ1v) is 9.93. The Kier molecular flexibility index (Phi) is 16.2. The molecule has 0 spiro atoms. The Hall–Kier alpha value is -0.570. The molecular formula is C19H39IN4O2. The van der Waals surface area contributed by atoms with Crippen molar-refractivity contribution in [3.63, 3.8) is 0 Å². The van der Waals surface area contributed by atoms with Crippen LogP contribution in [0.3, 0.4) is 0 Å². The Morgan fingerprint density at radius 3 is 2.38 bits per heavy atom. The Morgan fingerprint density at radius 2 is 1.77 bits per heavy atom. The first kappa shape index (κ1) is 25.4. The zero-order valence-electron chi connectivity index (χ0n) is 16.9. The van der Waals surface area contributed by atoms with Crippen LogP contribution in [0, 0.1) is 5.92 Å². The highest BCUT2D eigenvalue weighted by atomic mass is 127. The zero-order valence-corrected chi connectivity index (χ0v) is 19.2. The summed E-state index contributed by atoms with van der Waals surface area (Å²) < 4.78 is 5.35. The molecular weight excluding hydrogens is 443 g/mol. The Balaban J connectivity index is 0.00000625. The lowest BCUT2D eigenvalue weighted by Crippen LogP contribution is -2.39. The predicted octanol–water partition coefficient (Wildman–Crippen LogP) is 3.01. The summed E-state index contributed by atoms with van der Waals surface area (Å²) in [5, 5.41) is 6.65. The molecule has 0 aromatic heterocycles. The molecule has 0 saturated heterocycles. The highest BCUT2D eigenvalue weighted by Gasteiger charge is 2.13. The Morgan fingerprint density at radius 1 is 1.12 bits per heavy atom. The summed E-state index contributed by atoms with van der Waals surface area (Å²) in [4.78, 5) is 17.7. The number of rotatable bonds is 12. The number of unbranched alkanes of at least 4 members (excludes halogenated alkanes) is 1. The maximum atomic E-state index is 11.7. The summed E-state index contributed by atoms with van der Waals surface area (Å²) >= 11 is 0. The molecule has 0 bridgehead atoms. The number of amides is 1. The number of carbonyl (C=O) groups excluding carboxylic acids is 1. The maximum absolute atomic E-state index is 11.7. The van der Waals surface area contributed by atoms with Gasteiger partial charge in [-0.2, -0.15) is 0 Å². The van der Waals surface area contributed by atoms with E-state index in [1.807, 2.05) is 6.92 Å². The van der Waals surface area contributed by atoms with E-state index in [1.165, 1.54) is 38.5 Å². The van der Waals surface area contributed by atoms with Crippen LogP contribution in [0.5, 0.6) is 0 Å². The van der Waals surface area contributed by atoms with Gasteiger partial charge in [0.15, 0.2) is 5.96 Å². The molecule has 0 atom stereocenters. The summed E-state index contributed by atoms with van der Waals surface area (Å²) in [7, 11) is 3.51. The number of ether oxygens (including phenoxy) is 1. The second kappa shape index (κ2) is 16.6. The van der Waals surface area contributed by atoms with Gasteiger partial charge in [0.05, 0.1) is 0 Å². The van der Waals surface area contributed by atoms with Crippen LogP contribution in [-0.2, 0) is 9.53 Å². The molecule has 1 rings (SSSR count). The van der Waals surface area contributed by atoms with Gasteiger partial charge >= 0.3 is 0 Å². The molecule has 7 heteroatoms. The average Bonchev–Trinajstić information content (AvgIpc) is 3.11. The summed E-state index contributed by atoms with van der Waals surface area (Å²) in [6.07, 6.45) is 10.4. The molecule has 0 unspecified atom stereocenters. The Bertz CT molecular complexity index is 386. The van der Waals surface area contributed by atoms with Crippen LogP contribution in [0.4, 0.5) is 0 Å². The van der Waals surface area contributed by atoms with E-state index >= 15 is 0 Å². The largest absolute Gasteiger partial charge is 0.382 e. The smallest absolute Gasteiger partial charge is 0.243 e.